The molecule has 0 saturated carbocycles. The van der Waals surface area contributed by atoms with Gasteiger partial charge in [-0.2, -0.15) is 5.10 Å². The van der Waals surface area contributed by atoms with E-state index in [2.05, 4.69) is 22.7 Å². The number of nitrogens with zero attached hydrogens (tertiary/aromatic N) is 2. The summed E-state index contributed by atoms with van der Waals surface area (Å²) < 4.78 is 1.76. The van der Waals surface area contributed by atoms with Crippen LogP contribution in [-0.4, -0.2) is 35.3 Å². The van der Waals surface area contributed by atoms with Gasteiger partial charge in [-0.05, 0) is 38.6 Å². The van der Waals surface area contributed by atoms with E-state index in [1.54, 1.807) is 4.68 Å². The lowest BCUT2D eigenvalue weighted by Gasteiger charge is -2.34. The summed E-state index contributed by atoms with van der Waals surface area (Å²) in [6.07, 6.45) is 2.34. The fourth-order valence-electron chi connectivity index (χ4n) is 2.75. The molecule has 2 N–H and O–H groups in total. The van der Waals surface area contributed by atoms with Crippen molar-refractivity contribution in [2.45, 2.75) is 33.6 Å². The van der Waals surface area contributed by atoms with Gasteiger partial charge >= 0.3 is 0 Å². The normalized spacial score (nSPS) is 23.4. The van der Waals surface area contributed by atoms with Crippen molar-refractivity contribution in [3.8, 4) is 0 Å². The minimum absolute atomic E-state index is 0.00472. The Morgan fingerprint density at radius 1 is 1.53 bits per heavy atom. The summed E-state index contributed by atoms with van der Waals surface area (Å²) in [5, 5.41) is 10.8. The van der Waals surface area contributed by atoms with Gasteiger partial charge in [-0.15, -0.1) is 0 Å². The van der Waals surface area contributed by atoms with Crippen molar-refractivity contribution in [1.29, 1.82) is 0 Å². The second kappa shape index (κ2) is 5.33. The number of aryl methyl sites for hydroxylation is 2. The Bertz CT molecular complexity index is 472. The van der Waals surface area contributed by atoms with E-state index in [1.807, 2.05) is 20.9 Å². The standard InChI is InChI=1S/C14H24N4O/c1-10-12(11(2)18(4)17-10)13(19)16-9-14(3)6-5-7-15-8-14/h15H,5-9H2,1-4H3,(H,16,19). The van der Waals surface area contributed by atoms with Crippen molar-refractivity contribution in [2.75, 3.05) is 19.6 Å². The monoisotopic (exact) mass is 264 g/mol. The molecule has 1 unspecified atom stereocenters. The van der Waals surface area contributed by atoms with Crippen molar-refractivity contribution in [3.63, 3.8) is 0 Å². The highest BCUT2D eigenvalue weighted by molar-refractivity contribution is 5.96. The van der Waals surface area contributed by atoms with Crippen LogP contribution in [0.1, 0.15) is 41.5 Å². The summed E-state index contributed by atoms with van der Waals surface area (Å²) >= 11 is 0. The molecule has 0 aliphatic carbocycles. The third-order valence-corrected chi connectivity index (χ3v) is 4.10. The summed E-state index contributed by atoms with van der Waals surface area (Å²) in [7, 11) is 1.87. The molecule has 0 bridgehead atoms. The third-order valence-electron chi connectivity index (χ3n) is 4.10. The van der Waals surface area contributed by atoms with Crippen molar-refractivity contribution >= 4 is 5.91 Å². The maximum atomic E-state index is 12.3. The molecule has 0 spiro atoms. The predicted octanol–water partition coefficient (Wildman–Crippen LogP) is 1.16. The Morgan fingerprint density at radius 3 is 2.79 bits per heavy atom. The fourth-order valence-corrected chi connectivity index (χ4v) is 2.75. The lowest BCUT2D eigenvalue weighted by molar-refractivity contribution is 0.0923. The van der Waals surface area contributed by atoms with E-state index in [-0.39, 0.29) is 11.3 Å². The average molecular weight is 264 g/mol. The molecule has 5 heteroatoms. The minimum atomic E-state index is -0.00472. The Morgan fingerprint density at radius 2 is 2.26 bits per heavy atom. The Kier molecular flexibility index (Phi) is 3.94. The van der Waals surface area contributed by atoms with Gasteiger partial charge in [0.2, 0.25) is 0 Å². The Balaban J connectivity index is 2.01. The zero-order valence-corrected chi connectivity index (χ0v) is 12.3. The highest BCUT2D eigenvalue weighted by atomic mass is 16.1. The van der Waals surface area contributed by atoms with Gasteiger partial charge in [-0.1, -0.05) is 6.92 Å². The first kappa shape index (κ1) is 14.1. The first-order valence-corrected chi connectivity index (χ1v) is 6.92. The largest absolute Gasteiger partial charge is 0.351 e. The van der Waals surface area contributed by atoms with Crippen molar-refractivity contribution in [1.82, 2.24) is 20.4 Å². The smallest absolute Gasteiger partial charge is 0.255 e. The van der Waals surface area contributed by atoms with Gasteiger partial charge in [0.25, 0.3) is 5.91 Å². The van der Waals surface area contributed by atoms with E-state index in [0.717, 1.165) is 36.5 Å². The van der Waals surface area contributed by atoms with Crippen molar-refractivity contribution < 1.29 is 4.79 Å². The molecule has 1 aliphatic rings. The molecular formula is C14H24N4O. The summed E-state index contributed by atoms with van der Waals surface area (Å²) in [6.45, 7) is 8.81. The van der Waals surface area contributed by atoms with Gasteiger partial charge in [0.15, 0.2) is 0 Å². The quantitative estimate of drug-likeness (QED) is 0.861. The number of hydrogen-bond acceptors (Lipinski definition) is 3. The molecule has 2 rings (SSSR count). The molecular weight excluding hydrogens is 240 g/mol. The zero-order valence-electron chi connectivity index (χ0n) is 12.3. The van der Waals surface area contributed by atoms with Crippen LogP contribution < -0.4 is 10.6 Å². The van der Waals surface area contributed by atoms with Crippen LogP contribution in [-0.2, 0) is 7.05 Å². The number of aromatic nitrogens is 2. The van der Waals surface area contributed by atoms with Gasteiger partial charge in [-0.3, -0.25) is 9.48 Å². The molecule has 106 valence electrons. The average Bonchev–Trinajstić information content (AvgIpc) is 2.62. The van der Waals surface area contributed by atoms with Crippen LogP contribution in [0.5, 0.6) is 0 Å². The molecule has 0 aromatic carbocycles. The topological polar surface area (TPSA) is 59.0 Å². The van der Waals surface area contributed by atoms with Gasteiger partial charge in [-0.25, -0.2) is 0 Å². The number of piperidine rings is 1. The Labute approximate surface area is 114 Å². The third kappa shape index (κ3) is 2.97. The molecule has 1 atom stereocenters. The predicted molar refractivity (Wildman–Crippen MR) is 75.2 cm³/mol. The van der Waals surface area contributed by atoms with E-state index >= 15 is 0 Å². The molecule has 1 saturated heterocycles. The lowest BCUT2D eigenvalue weighted by Crippen LogP contribution is -2.45. The van der Waals surface area contributed by atoms with Crippen LogP contribution in [0.15, 0.2) is 0 Å². The molecule has 1 aliphatic heterocycles. The second-order valence-corrected chi connectivity index (χ2v) is 5.94. The van der Waals surface area contributed by atoms with Crippen LogP contribution >= 0.6 is 0 Å². The van der Waals surface area contributed by atoms with E-state index in [0.29, 0.717) is 6.54 Å². The first-order valence-electron chi connectivity index (χ1n) is 6.92. The maximum Gasteiger partial charge on any atom is 0.255 e. The second-order valence-electron chi connectivity index (χ2n) is 5.94. The van der Waals surface area contributed by atoms with Crippen LogP contribution in [0.25, 0.3) is 0 Å². The van der Waals surface area contributed by atoms with Crippen molar-refractivity contribution in [2.24, 2.45) is 12.5 Å². The molecule has 5 nitrogen and oxygen atoms in total. The maximum absolute atomic E-state index is 12.3. The van der Waals surface area contributed by atoms with Crippen LogP contribution in [0.2, 0.25) is 0 Å². The van der Waals surface area contributed by atoms with E-state index in [9.17, 15) is 4.79 Å². The van der Waals surface area contributed by atoms with Gasteiger partial charge in [0.05, 0.1) is 11.3 Å². The van der Waals surface area contributed by atoms with Crippen LogP contribution in [0.3, 0.4) is 0 Å². The number of nitrogens with one attached hydrogen (secondary N) is 2. The van der Waals surface area contributed by atoms with E-state index in [1.165, 1.54) is 6.42 Å². The highest BCUT2D eigenvalue weighted by Gasteiger charge is 2.28. The number of rotatable bonds is 3. The zero-order chi connectivity index (χ0) is 14.0. The molecule has 1 fully saturated rings. The molecule has 1 amide bonds. The summed E-state index contributed by atoms with van der Waals surface area (Å²) in [6, 6.07) is 0. The molecule has 1 aromatic heterocycles. The SMILES string of the molecule is Cc1nn(C)c(C)c1C(=O)NCC1(C)CCCNC1. The van der Waals surface area contributed by atoms with Gasteiger partial charge < -0.3 is 10.6 Å². The highest BCUT2D eigenvalue weighted by Crippen LogP contribution is 2.24. The van der Waals surface area contributed by atoms with Gasteiger partial charge in [0.1, 0.15) is 0 Å². The first-order chi connectivity index (χ1) is 8.93. The number of carbonyl (C=O) groups is 1. The fraction of sp³-hybridized carbons (Fsp3) is 0.714. The van der Waals surface area contributed by atoms with E-state index in [4.69, 9.17) is 0 Å². The number of carbonyl (C=O) groups excluding carboxylic acids is 1. The molecule has 0 radical (unpaired) electrons. The number of amides is 1. The number of hydrogen-bond donors (Lipinski definition) is 2. The van der Waals surface area contributed by atoms with Crippen LogP contribution in [0.4, 0.5) is 0 Å². The summed E-state index contributed by atoms with van der Waals surface area (Å²) in [4.78, 5) is 12.3. The van der Waals surface area contributed by atoms with Crippen molar-refractivity contribution in [3.05, 3.63) is 17.0 Å². The summed E-state index contributed by atoms with van der Waals surface area (Å²) in [5.41, 5.74) is 2.60. The Hall–Kier alpha value is -1.36. The molecule has 1 aromatic rings. The minimum Gasteiger partial charge on any atom is -0.351 e. The molecule has 19 heavy (non-hydrogen) atoms. The summed E-state index contributed by atoms with van der Waals surface area (Å²) in [5.74, 6) is -0.00472. The molecule has 2 heterocycles. The lowest BCUT2D eigenvalue weighted by atomic mass is 9.83. The van der Waals surface area contributed by atoms with Gasteiger partial charge in [0, 0.05) is 25.8 Å². The van der Waals surface area contributed by atoms with E-state index < -0.39 is 0 Å². The van der Waals surface area contributed by atoms with Crippen LogP contribution in [0, 0.1) is 19.3 Å².